The van der Waals surface area contributed by atoms with Crippen LogP contribution in [-0.4, -0.2) is 52.7 Å². The van der Waals surface area contributed by atoms with Gasteiger partial charge in [0, 0.05) is 24.7 Å². The lowest BCUT2D eigenvalue weighted by Gasteiger charge is -2.30. The van der Waals surface area contributed by atoms with Crippen molar-refractivity contribution in [2.45, 2.75) is 26.8 Å². The summed E-state index contributed by atoms with van der Waals surface area (Å²) < 4.78 is 13.1. The van der Waals surface area contributed by atoms with E-state index in [1.54, 1.807) is 58.7 Å². The molecule has 1 atom stereocenters. The van der Waals surface area contributed by atoms with Gasteiger partial charge in [-0.25, -0.2) is 4.99 Å². The van der Waals surface area contributed by atoms with E-state index >= 15 is 0 Å². The monoisotopic (exact) mass is 678 g/mol. The van der Waals surface area contributed by atoms with Gasteiger partial charge in [-0.15, -0.1) is 0 Å². The molecule has 13 heteroatoms. The number of hydrogen-bond donors (Lipinski definition) is 1. The maximum atomic E-state index is 14.0. The van der Waals surface area contributed by atoms with Gasteiger partial charge in [0.05, 0.1) is 38.5 Å². The minimum Gasteiger partial charge on any atom is -0.501 e. The van der Waals surface area contributed by atoms with Crippen molar-refractivity contribution in [2.24, 2.45) is 4.99 Å². The Balaban J connectivity index is 2.04. The van der Waals surface area contributed by atoms with E-state index in [-0.39, 0.29) is 14.0 Å². The highest BCUT2D eigenvalue weighted by atomic mass is 127. The first-order valence-corrected chi connectivity index (χ1v) is 14.2. The van der Waals surface area contributed by atoms with Crippen molar-refractivity contribution in [2.75, 3.05) is 27.3 Å². The van der Waals surface area contributed by atoms with E-state index in [2.05, 4.69) is 4.99 Å². The van der Waals surface area contributed by atoms with Gasteiger partial charge < -0.3 is 19.5 Å². The van der Waals surface area contributed by atoms with Gasteiger partial charge in [0.25, 0.3) is 11.5 Å². The van der Waals surface area contributed by atoms with E-state index in [4.69, 9.17) is 9.47 Å². The fourth-order valence-corrected chi connectivity index (χ4v) is 6.28. The Hall–Kier alpha value is -3.72. The van der Waals surface area contributed by atoms with E-state index in [1.807, 2.05) is 13.8 Å². The summed E-state index contributed by atoms with van der Waals surface area (Å²) >= 11 is 2.90. The number of likely N-dealkylation sites (N-methyl/N-ethyl adjacent to an activating group) is 1. The van der Waals surface area contributed by atoms with E-state index in [0.29, 0.717) is 51.8 Å². The number of aromatic nitrogens is 1. The molecule has 0 saturated heterocycles. The van der Waals surface area contributed by atoms with Crippen LogP contribution in [0.15, 0.2) is 51.4 Å². The Morgan fingerprint density at radius 3 is 2.55 bits per heavy atom. The zero-order valence-electron chi connectivity index (χ0n) is 22.4. The minimum atomic E-state index is -0.870. The van der Waals surface area contributed by atoms with Gasteiger partial charge in [0.2, 0.25) is 5.75 Å². The van der Waals surface area contributed by atoms with Crippen molar-refractivity contribution in [1.29, 1.82) is 0 Å². The molecule has 0 bridgehead atoms. The number of fused-ring (bicyclic) bond motifs is 1. The van der Waals surface area contributed by atoms with Crippen molar-refractivity contribution < 1.29 is 24.3 Å². The van der Waals surface area contributed by atoms with Gasteiger partial charge in [-0.1, -0.05) is 11.3 Å². The molecule has 4 rings (SSSR count). The molecule has 1 aromatic heterocycles. The number of halogens is 1. The summed E-state index contributed by atoms with van der Waals surface area (Å²) in [4.78, 5) is 45.3. The molecule has 40 heavy (non-hydrogen) atoms. The molecule has 0 spiro atoms. The number of ether oxygens (including phenoxy) is 2. The number of methoxy groups -OCH3 is 2. The maximum absolute atomic E-state index is 14.0. The van der Waals surface area contributed by atoms with Crippen LogP contribution in [0.2, 0.25) is 0 Å². The Bertz CT molecular complexity index is 1720. The predicted octanol–water partition coefficient (Wildman–Crippen LogP) is 3.34. The molecule has 2 heterocycles. The zero-order chi connectivity index (χ0) is 29.3. The highest BCUT2D eigenvalue weighted by molar-refractivity contribution is 14.1. The largest absolute Gasteiger partial charge is 0.501 e. The van der Waals surface area contributed by atoms with Crippen molar-refractivity contribution in [3.63, 3.8) is 0 Å². The number of nitro benzene ring substituents is 1. The summed E-state index contributed by atoms with van der Waals surface area (Å²) in [6, 6.07) is 7.07. The summed E-state index contributed by atoms with van der Waals surface area (Å²) in [5.74, 6) is 0.292. The van der Waals surface area contributed by atoms with Crippen molar-refractivity contribution in [3.05, 3.63) is 86.1 Å². The summed E-state index contributed by atoms with van der Waals surface area (Å²) in [5.41, 5.74) is 0.826. The Morgan fingerprint density at radius 2 is 1.95 bits per heavy atom. The van der Waals surface area contributed by atoms with Gasteiger partial charge >= 0.3 is 5.69 Å². The Morgan fingerprint density at radius 1 is 1.25 bits per heavy atom. The molecule has 0 fully saturated rings. The number of carbonyl (C=O) groups excluding carboxylic acids is 1. The molecule has 210 valence electrons. The fraction of sp³-hybridized carbons (Fsp3) is 0.296. The average molecular weight is 679 g/mol. The number of nitro groups is 1. The number of rotatable bonds is 8. The highest BCUT2D eigenvalue weighted by Gasteiger charge is 2.36. The lowest BCUT2D eigenvalue weighted by Crippen LogP contribution is -2.43. The average Bonchev–Trinajstić information content (AvgIpc) is 3.23. The number of nitrogens with zero attached hydrogens (tertiary/aromatic N) is 4. The van der Waals surface area contributed by atoms with Crippen LogP contribution >= 0.6 is 33.9 Å². The summed E-state index contributed by atoms with van der Waals surface area (Å²) in [6.45, 7) is 6.43. The molecule has 1 amide bonds. The molecule has 2 aromatic carbocycles. The third-order valence-corrected chi connectivity index (χ3v) is 8.40. The van der Waals surface area contributed by atoms with E-state index in [1.165, 1.54) is 30.9 Å². The van der Waals surface area contributed by atoms with Crippen molar-refractivity contribution >= 4 is 51.6 Å². The normalized spacial score (nSPS) is 14.9. The SMILES string of the molecule is CCN(CC)C(=O)C1=C(C)N=c2s/c(=C/c3cc(I)c(O)c([N+](=O)[O-])c3)c(=O)n2[C@H]1c1cc(OC)ccc1OC. The molecule has 1 aliphatic rings. The standard InChI is InChI=1S/C27H27IN4O7S/c1-6-30(7-2)26(35)22-14(3)29-27-31(23(22)17-13-16(38-4)8-9-20(17)39-5)25(34)21(40-27)12-15-10-18(28)24(33)19(11-15)32(36)37/h8-13,23,33H,6-7H2,1-5H3/b21-12+/t23-/m0/s1. The third kappa shape index (κ3) is 5.22. The smallest absolute Gasteiger partial charge is 0.312 e. The molecule has 0 radical (unpaired) electrons. The van der Waals surface area contributed by atoms with Crippen LogP contribution in [0, 0.1) is 13.7 Å². The Kier molecular flexibility index (Phi) is 8.63. The van der Waals surface area contributed by atoms with Crippen molar-refractivity contribution in [1.82, 2.24) is 9.47 Å². The molecule has 0 unspecified atom stereocenters. The molecule has 11 nitrogen and oxygen atoms in total. The lowest BCUT2D eigenvalue weighted by atomic mass is 9.93. The van der Waals surface area contributed by atoms with E-state index < -0.39 is 28.0 Å². The van der Waals surface area contributed by atoms with Gasteiger partial charge in [-0.3, -0.25) is 24.3 Å². The number of amides is 1. The van der Waals surface area contributed by atoms with Gasteiger partial charge in [-0.2, -0.15) is 0 Å². The highest BCUT2D eigenvalue weighted by Crippen LogP contribution is 2.38. The maximum Gasteiger partial charge on any atom is 0.312 e. The summed E-state index contributed by atoms with van der Waals surface area (Å²) in [6.07, 6.45) is 1.52. The number of benzene rings is 2. The molecular formula is C27H27IN4O7S. The van der Waals surface area contributed by atoms with Crippen molar-refractivity contribution in [3.8, 4) is 17.2 Å². The number of carbonyl (C=O) groups is 1. The molecule has 1 aliphatic heterocycles. The second-order valence-corrected chi connectivity index (χ2v) is 11.0. The van der Waals surface area contributed by atoms with Gasteiger partial charge in [0.1, 0.15) is 17.5 Å². The molecule has 1 N–H and O–H groups in total. The van der Waals surface area contributed by atoms with Crippen LogP contribution in [0.3, 0.4) is 0 Å². The van der Waals surface area contributed by atoms with E-state index in [9.17, 15) is 24.8 Å². The quantitative estimate of drug-likeness (QED) is 0.219. The first-order valence-electron chi connectivity index (χ1n) is 12.3. The van der Waals surface area contributed by atoms with Crippen LogP contribution in [0.25, 0.3) is 6.08 Å². The predicted molar refractivity (Wildman–Crippen MR) is 159 cm³/mol. The second kappa shape index (κ2) is 11.8. The van der Waals surface area contributed by atoms with Gasteiger partial charge in [0.15, 0.2) is 4.80 Å². The number of phenols is 1. The number of allylic oxidation sites excluding steroid dienone is 1. The number of thiazole rings is 1. The van der Waals surface area contributed by atoms with Crippen LogP contribution < -0.4 is 24.4 Å². The molecule has 3 aromatic rings. The first kappa shape index (κ1) is 29.3. The third-order valence-electron chi connectivity index (χ3n) is 6.59. The van der Waals surface area contributed by atoms with Crippen LogP contribution in [0.4, 0.5) is 5.69 Å². The van der Waals surface area contributed by atoms with Crippen LogP contribution in [0.1, 0.15) is 37.9 Å². The lowest BCUT2D eigenvalue weighted by molar-refractivity contribution is -0.386. The van der Waals surface area contributed by atoms with E-state index in [0.717, 1.165) is 11.3 Å². The minimum absolute atomic E-state index is 0.251. The zero-order valence-corrected chi connectivity index (χ0v) is 25.4. The van der Waals surface area contributed by atoms with Gasteiger partial charge in [-0.05, 0) is 79.3 Å². The number of phenolic OH excluding ortho intramolecular Hbond substituents is 1. The molecular weight excluding hydrogens is 651 g/mol. The molecule has 0 saturated carbocycles. The number of aromatic hydroxyl groups is 1. The second-order valence-electron chi connectivity index (χ2n) is 8.79. The summed E-state index contributed by atoms with van der Waals surface area (Å²) in [7, 11) is 3.04. The first-order chi connectivity index (χ1) is 19.1. The molecule has 0 aliphatic carbocycles. The van der Waals surface area contributed by atoms with Crippen LogP contribution in [-0.2, 0) is 4.79 Å². The Labute approximate surface area is 247 Å². The fourth-order valence-electron chi connectivity index (χ4n) is 4.60. The topological polar surface area (TPSA) is 137 Å². The summed E-state index contributed by atoms with van der Waals surface area (Å²) in [5, 5.41) is 21.5. The number of hydrogen-bond acceptors (Lipinski definition) is 9. The van der Waals surface area contributed by atoms with Crippen LogP contribution in [0.5, 0.6) is 17.2 Å².